The van der Waals surface area contributed by atoms with Crippen molar-refractivity contribution in [1.29, 1.82) is 0 Å². The van der Waals surface area contributed by atoms with E-state index < -0.39 is 10.0 Å². The highest BCUT2D eigenvalue weighted by molar-refractivity contribution is 7.92. The highest BCUT2D eigenvalue weighted by Crippen LogP contribution is 2.27. The predicted molar refractivity (Wildman–Crippen MR) is 126 cm³/mol. The average molecular weight is 455 g/mol. The molecular formula is C24H17N5O3S. The van der Waals surface area contributed by atoms with Gasteiger partial charge in [0.1, 0.15) is 0 Å². The van der Waals surface area contributed by atoms with Gasteiger partial charge in [0.25, 0.3) is 15.9 Å². The Labute approximate surface area is 189 Å². The number of rotatable bonds is 5. The molecule has 2 aromatic heterocycles. The number of nitrogens with zero attached hydrogens (tertiary/aromatic N) is 3. The maximum atomic E-state index is 13.3. The number of carbonyl (C=O) groups is 1. The van der Waals surface area contributed by atoms with Gasteiger partial charge in [-0.2, -0.15) is 0 Å². The molecule has 1 amide bonds. The third kappa shape index (κ3) is 4.09. The minimum Gasteiger partial charge on any atom is -0.322 e. The molecule has 2 N–H and O–H groups in total. The fourth-order valence-corrected chi connectivity index (χ4v) is 4.48. The first kappa shape index (κ1) is 20.5. The van der Waals surface area contributed by atoms with Crippen LogP contribution < -0.4 is 10.0 Å². The van der Waals surface area contributed by atoms with E-state index in [4.69, 9.17) is 0 Å². The molecule has 0 saturated carbocycles. The van der Waals surface area contributed by atoms with Crippen molar-refractivity contribution < 1.29 is 13.2 Å². The quantitative estimate of drug-likeness (QED) is 0.383. The molecule has 3 aromatic carbocycles. The summed E-state index contributed by atoms with van der Waals surface area (Å²) in [6.45, 7) is 0. The number of nitrogens with one attached hydrogen (secondary N) is 2. The lowest BCUT2D eigenvalue weighted by molar-refractivity contribution is 0.102. The smallest absolute Gasteiger partial charge is 0.264 e. The van der Waals surface area contributed by atoms with E-state index in [0.29, 0.717) is 11.3 Å². The van der Waals surface area contributed by atoms with Crippen molar-refractivity contribution >= 4 is 49.4 Å². The Bertz CT molecular complexity index is 1530. The van der Waals surface area contributed by atoms with E-state index in [1.54, 1.807) is 6.07 Å². The number of anilines is 2. The lowest BCUT2D eigenvalue weighted by atomic mass is 10.0. The molecule has 0 saturated heterocycles. The highest BCUT2D eigenvalue weighted by Gasteiger charge is 2.18. The van der Waals surface area contributed by atoms with Crippen LogP contribution in [0.5, 0.6) is 0 Å². The molecule has 0 spiro atoms. The van der Waals surface area contributed by atoms with Crippen molar-refractivity contribution in [3.8, 4) is 0 Å². The number of fused-ring (bicyclic) bond motifs is 2. The lowest BCUT2D eigenvalue weighted by Gasteiger charge is -2.12. The van der Waals surface area contributed by atoms with Gasteiger partial charge in [0.2, 0.25) is 5.95 Å². The summed E-state index contributed by atoms with van der Waals surface area (Å²) in [6.07, 6.45) is 2.88. The number of hydrogen-bond acceptors (Lipinski definition) is 6. The number of aromatic nitrogens is 3. The number of para-hydroxylation sites is 2. The van der Waals surface area contributed by atoms with Crippen LogP contribution in [0.15, 0.2) is 96.2 Å². The topological polar surface area (TPSA) is 114 Å². The molecule has 5 aromatic rings. The first-order chi connectivity index (χ1) is 16.0. The van der Waals surface area contributed by atoms with E-state index in [2.05, 4.69) is 25.0 Å². The van der Waals surface area contributed by atoms with E-state index >= 15 is 0 Å². The fourth-order valence-electron chi connectivity index (χ4n) is 3.53. The molecule has 8 nitrogen and oxygen atoms in total. The van der Waals surface area contributed by atoms with Crippen molar-refractivity contribution in [2.45, 2.75) is 4.90 Å². The SMILES string of the molecule is O=C(Nc1ccc(S(=O)(=O)Nc2ncccn2)cc1)c1c2ccccc2nc2ccccc12. The van der Waals surface area contributed by atoms with Gasteiger partial charge in [0.05, 0.1) is 21.5 Å². The molecule has 0 aliphatic rings. The molecule has 0 aliphatic heterocycles. The maximum Gasteiger partial charge on any atom is 0.264 e. The number of sulfonamides is 1. The van der Waals surface area contributed by atoms with Crippen LogP contribution in [0.25, 0.3) is 21.8 Å². The zero-order valence-electron chi connectivity index (χ0n) is 17.1. The van der Waals surface area contributed by atoms with Gasteiger partial charge in [0, 0.05) is 28.9 Å². The Morgan fingerprint density at radius 3 is 1.91 bits per heavy atom. The number of pyridine rings is 1. The molecule has 9 heteroatoms. The number of carbonyl (C=O) groups excluding carboxylic acids is 1. The molecular weight excluding hydrogens is 438 g/mol. The molecule has 0 radical (unpaired) electrons. The average Bonchev–Trinajstić information content (AvgIpc) is 2.83. The zero-order chi connectivity index (χ0) is 22.8. The van der Waals surface area contributed by atoms with Crippen LogP contribution in [0.2, 0.25) is 0 Å². The number of benzene rings is 3. The van der Waals surface area contributed by atoms with E-state index in [9.17, 15) is 13.2 Å². The lowest BCUT2D eigenvalue weighted by Crippen LogP contribution is -2.16. The minimum atomic E-state index is -3.86. The molecule has 0 fully saturated rings. The maximum absolute atomic E-state index is 13.3. The minimum absolute atomic E-state index is 0.0211. The molecule has 0 bridgehead atoms. The fraction of sp³-hybridized carbons (Fsp3) is 0. The zero-order valence-corrected chi connectivity index (χ0v) is 18.0. The van der Waals surface area contributed by atoms with E-state index in [0.717, 1.165) is 21.8 Å². The van der Waals surface area contributed by atoms with Gasteiger partial charge in [-0.3, -0.25) is 4.79 Å². The Balaban J connectivity index is 1.45. The molecule has 0 unspecified atom stereocenters. The van der Waals surface area contributed by atoms with Crippen LogP contribution in [-0.4, -0.2) is 29.3 Å². The van der Waals surface area contributed by atoms with Crippen LogP contribution in [-0.2, 0) is 10.0 Å². The summed E-state index contributed by atoms with van der Waals surface area (Å²) in [7, 11) is -3.86. The van der Waals surface area contributed by atoms with Crippen molar-refractivity contribution in [1.82, 2.24) is 15.0 Å². The molecule has 2 heterocycles. The highest BCUT2D eigenvalue weighted by atomic mass is 32.2. The van der Waals surface area contributed by atoms with E-state index in [1.807, 2.05) is 48.5 Å². The molecule has 0 aliphatic carbocycles. The standard InChI is InChI=1S/C24H17N5O3S/c30-23(22-18-6-1-3-8-20(18)28-21-9-4-2-7-19(21)22)27-16-10-12-17(13-11-16)33(31,32)29-24-25-14-5-15-26-24/h1-15H,(H,27,30)(H,25,26,29). The van der Waals surface area contributed by atoms with Crippen LogP contribution in [0.4, 0.5) is 11.6 Å². The summed E-state index contributed by atoms with van der Waals surface area (Å²) < 4.78 is 27.4. The first-order valence-corrected chi connectivity index (χ1v) is 11.5. The summed E-state index contributed by atoms with van der Waals surface area (Å²) in [4.78, 5) is 25.7. The van der Waals surface area contributed by atoms with Crippen molar-refractivity contribution in [3.05, 3.63) is 96.8 Å². The Hall–Kier alpha value is -4.37. The van der Waals surface area contributed by atoms with Crippen LogP contribution in [0.3, 0.4) is 0 Å². The summed E-state index contributed by atoms with van der Waals surface area (Å²) in [5.41, 5.74) is 2.41. The normalized spacial score (nSPS) is 11.4. The predicted octanol–water partition coefficient (Wildman–Crippen LogP) is 4.23. The Kier molecular flexibility index (Phi) is 5.15. The summed E-state index contributed by atoms with van der Waals surface area (Å²) >= 11 is 0. The largest absolute Gasteiger partial charge is 0.322 e. The van der Waals surface area contributed by atoms with Gasteiger partial charge in [-0.05, 0) is 42.5 Å². The Morgan fingerprint density at radius 1 is 0.727 bits per heavy atom. The second-order valence-electron chi connectivity index (χ2n) is 7.18. The second kappa shape index (κ2) is 8.29. The monoisotopic (exact) mass is 455 g/mol. The van der Waals surface area contributed by atoms with Gasteiger partial charge < -0.3 is 5.32 Å². The van der Waals surface area contributed by atoms with Crippen LogP contribution in [0, 0.1) is 0 Å². The van der Waals surface area contributed by atoms with Crippen LogP contribution >= 0.6 is 0 Å². The van der Waals surface area contributed by atoms with Gasteiger partial charge in [-0.15, -0.1) is 0 Å². The van der Waals surface area contributed by atoms with E-state index in [1.165, 1.54) is 36.7 Å². The third-order valence-corrected chi connectivity index (χ3v) is 6.37. The summed E-state index contributed by atoms with van der Waals surface area (Å²) in [5, 5.41) is 4.34. The number of amides is 1. The molecule has 0 atom stereocenters. The number of hydrogen-bond donors (Lipinski definition) is 2. The summed E-state index contributed by atoms with van der Waals surface area (Å²) in [6, 6.07) is 22.4. The van der Waals surface area contributed by atoms with E-state index in [-0.39, 0.29) is 16.8 Å². The van der Waals surface area contributed by atoms with Gasteiger partial charge in [-0.25, -0.2) is 28.1 Å². The van der Waals surface area contributed by atoms with Crippen molar-refractivity contribution in [2.24, 2.45) is 0 Å². The Morgan fingerprint density at radius 2 is 1.30 bits per heavy atom. The third-order valence-electron chi connectivity index (χ3n) is 5.03. The van der Waals surface area contributed by atoms with Gasteiger partial charge >= 0.3 is 0 Å². The van der Waals surface area contributed by atoms with Crippen molar-refractivity contribution in [3.63, 3.8) is 0 Å². The second-order valence-corrected chi connectivity index (χ2v) is 8.86. The first-order valence-electron chi connectivity index (χ1n) is 10.00. The van der Waals surface area contributed by atoms with Crippen molar-refractivity contribution in [2.75, 3.05) is 10.0 Å². The van der Waals surface area contributed by atoms with Gasteiger partial charge in [-0.1, -0.05) is 36.4 Å². The molecule has 33 heavy (non-hydrogen) atoms. The summed E-state index contributed by atoms with van der Waals surface area (Å²) in [5.74, 6) is -0.331. The molecule has 5 rings (SSSR count). The van der Waals surface area contributed by atoms with Gasteiger partial charge in [0.15, 0.2) is 0 Å². The van der Waals surface area contributed by atoms with Crippen LogP contribution in [0.1, 0.15) is 10.4 Å². The molecule has 162 valence electrons.